The van der Waals surface area contributed by atoms with Crippen LogP contribution >= 0.6 is 15.9 Å². The van der Waals surface area contributed by atoms with Crippen molar-refractivity contribution in [1.82, 2.24) is 5.32 Å². The first-order valence-corrected chi connectivity index (χ1v) is 6.00. The van der Waals surface area contributed by atoms with E-state index in [4.69, 9.17) is 0 Å². The SMILES string of the molecule is Cc1ccc(C(=O)NCC2CC2)c(Br)c1. The Morgan fingerprint density at radius 1 is 1.53 bits per heavy atom. The second-order valence-electron chi connectivity index (χ2n) is 4.14. The minimum absolute atomic E-state index is 0.0220. The summed E-state index contributed by atoms with van der Waals surface area (Å²) in [6.07, 6.45) is 2.52. The van der Waals surface area contributed by atoms with Gasteiger partial charge in [-0.15, -0.1) is 0 Å². The zero-order valence-electron chi connectivity index (χ0n) is 8.72. The molecule has 0 aromatic heterocycles. The lowest BCUT2D eigenvalue weighted by Crippen LogP contribution is -2.25. The number of halogens is 1. The monoisotopic (exact) mass is 267 g/mol. The maximum Gasteiger partial charge on any atom is 0.252 e. The molecule has 0 radical (unpaired) electrons. The van der Waals surface area contributed by atoms with Crippen molar-refractivity contribution in [2.24, 2.45) is 5.92 Å². The molecule has 0 spiro atoms. The Kier molecular flexibility index (Phi) is 3.10. The minimum atomic E-state index is 0.0220. The number of amides is 1. The zero-order valence-corrected chi connectivity index (χ0v) is 10.3. The Morgan fingerprint density at radius 3 is 2.87 bits per heavy atom. The van der Waals surface area contributed by atoms with Crippen molar-refractivity contribution >= 4 is 21.8 Å². The van der Waals surface area contributed by atoms with Crippen LogP contribution in [0.25, 0.3) is 0 Å². The molecular weight excluding hydrogens is 254 g/mol. The summed E-state index contributed by atoms with van der Waals surface area (Å²) in [5, 5.41) is 2.95. The first kappa shape index (κ1) is 10.7. The van der Waals surface area contributed by atoms with Crippen molar-refractivity contribution in [3.63, 3.8) is 0 Å². The van der Waals surface area contributed by atoms with E-state index in [2.05, 4.69) is 21.2 Å². The quantitative estimate of drug-likeness (QED) is 0.897. The van der Waals surface area contributed by atoms with Gasteiger partial charge < -0.3 is 5.32 Å². The van der Waals surface area contributed by atoms with Gasteiger partial charge in [-0.1, -0.05) is 6.07 Å². The normalized spacial score (nSPS) is 15.1. The molecule has 3 heteroatoms. The summed E-state index contributed by atoms with van der Waals surface area (Å²) in [7, 11) is 0. The van der Waals surface area contributed by atoms with E-state index in [0.717, 1.165) is 28.1 Å². The highest BCUT2D eigenvalue weighted by molar-refractivity contribution is 9.10. The molecule has 0 unspecified atom stereocenters. The molecule has 1 amide bonds. The zero-order chi connectivity index (χ0) is 10.8. The molecule has 0 atom stereocenters. The number of rotatable bonds is 3. The predicted molar refractivity (Wildman–Crippen MR) is 63.9 cm³/mol. The van der Waals surface area contributed by atoms with Gasteiger partial charge in [0.25, 0.3) is 5.91 Å². The van der Waals surface area contributed by atoms with Crippen molar-refractivity contribution in [1.29, 1.82) is 0 Å². The number of carbonyl (C=O) groups excluding carboxylic acids is 1. The molecule has 15 heavy (non-hydrogen) atoms. The van der Waals surface area contributed by atoms with Crippen LogP contribution in [0.2, 0.25) is 0 Å². The number of hydrogen-bond acceptors (Lipinski definition) is 1. The fourth-order valence-corrected chi connectivity index (χ4v) is 2.13. The van der Waals surface area contributed by atoms with E-state index in [1.165, 1.54) is 12.8 Å². The van der Waals surface area contributed by atoms with Crippen LogP contribution < -0.4 is 5.32 Å². The summed E-state index contributed by atoms with van der Waals surface area (Å²) in [6.45, 7) is 2.83. The number of aryl methyl sites for hydroxylation is 1. The highest BCUT2D eigenvalue weighted by Crippen LogP contribution is 2.27. The van der Waals surface area contributed by atoms with Crippen LogP contribution in [0.1, 0.15) is 28.8 Å². The Morgan fingerprint density at radius 2 is 2.27 bits per heavy atom. The molecule has 1 aliphatic carbocycles. The van der Waals surface area contributed by atoms with Crippen LogP contribution in [0.5, 0.6) is 0 Å². The van der Waals surface area contributed by atoms with Crippen molar-refractivity contribution < 1.29 is 4.79 Å². The topological polar surface area (TPSA) is 29.1 Å². The van der Waals surface area contributed by atoms with Gasteiger partial charge in [0.1, 0.15) is 0 Å². The maximum absolute atomic E-state index is 11.8. The first-order chi connectivity index (χ1) is 7.16. The summed E-state index contributed by atoms with van der Waals surface area (Å²) in [5.74, 6) is 0.743. The molecule has 1 saturated carbocycles. The standard InChI is InChI=1S/C12H14BrNO/c1-8-2-5-10(11(13)6-8)12(15)14-7-9-3-4-9/h2,5-6,9H,3-4,7H2,1H3,(H,14,15). The smallest absolute Gasteiger partial charge is 0.252 e. The largest absolute Gasteiger partial charge is 0.352 e. The number of nitrogens with one attached hydrogen (secondary N) is 1. The van der Waals surface area contributed by atoms with Crippen LogP contribution in [0.15, 0.2) is 22.7 Å². The minimum Gasteiger partial charge on any atom is -0.352 e. The Bertz CT molecular complexity index is 385. The van der Waals surface area contributed by atoms with Gasteiger partial charge >= 0.3 is 0 Å². The summed E-state index contributed by atoms with van der Waals surface area (Å²) in [4.78, 5) is 11.8. The maximum atomic E-state index is 11.8. The molecule has 2 nitrogen and oxygen atoms in total. The van der Waals surface area contributed by atoms with E-state index in [-0.39, 0.29) is 5.91 Å². The average molecular weight is 268 g/mol. The first-order valence-electron chi connectivity index (χ1n) is 5.21. The van der Waals surface area contributed by atoms with Crippen LogP contribution in [0, 0.1) is 12.8 Å². The molecule has 1 aliphatic rings. The molecule has 0 saturated heterocycles. The van der Waals surface area contributed by atoms with Crippen molar-refractivity contribution in [3.8, 4) is 0 Å². The van der Waals surface area contributed by atoms with Gasteiger partial charge in [-0.25, -0.2) is 0 Å². The van der Waals surface area contributed by atoms with E-state index in [1.807, 2.05) is 25.1 Å². The van der Waals surface area contributed by atoms with E-state index in [1.54, 1.807) is 0 Å². The lowest BCUT2D eigenvalue weighted by Gasteiger charge is -2.06. The lowest BCUT2D eigenvalue weighted by atomic mass is 10.1. The third kappa shape index (κ3) is 2.81. The number of hydrogen-bond donors (Lipinski definition) is 1. The van der Waals surface area contributed by atoms with E-state index >= 15 is 0 Å². The number of benzene rings is 1. The van der Waals surface area contributed by atoms with Gasteiger partial charge in [-0.2, -0.15) is 0 Å². The summed E-state index contributed by atoms with van der Waals surface area (Å²) >= 11 is 3.41. The van der Waals surface area contributed by atoms with Crippen LogP contribution in [-0.2, 0) is 0 Å². The molecule has 1 fully saturated rings. The highest BCUT2D eigenvalue weighted by atomic mass is 79.9. The lowest BCUT2D eigenvalue weighted by molar-refractivity contribution is 0.0951. The molecule has 1 aromatic carbocycles. The Hall–Kier alpha value is -0.830. The predicted octanol–water partition coefficient (Wildman–Crippen LogP) is 2.90. The second kappa shape index (κ2) is 4.35. The highest BCUT2D eigenvalue weighted by Gasteiger charge is 2.22. The van der Waals surface area contributed by atoms with Gasteiger partial charge in [-0.05, 0) is 59.3 Å². The van der Waals surface area contributed by atoms with Gasteiger partial charge in [-0.3, -0.25) is 4.79 Å². The Labute approximate surface area is 98.2 Å². The fourth-order valence-electron chi connectivity index (χ4n) is 1.46. The van der Waals surface area contributed by atoms with Gasteiger partial charge in [0.15, 0.2) is 0 Å². The summed E-state index contributed by atoms with van der Waals surface area (Å²) < 4.78 is 0.871. The van der Waals surface area contributed by atoms with Gasteiger partial charge in [0, 0.05) is 11.0 Å². The molecule has 0 bridgehead atoms. The third-order valence-electron chi connectivity index (χ3n) is 2.62. The van der Waals surface area contributed by atoms with E-state index in [0.29, 0.717) is 0 Å². The molecule has 0 aliphatic heterocycles. The fraction of sp³-hybridized carbons (Fsp3) is 0.417. The van der Waals surface area contributed by atoms with E-state index in [9.17, 15) is 4.79 Å². The van der Waals surface area contributed by atoms with Gasteiger partial charge in [0.05, 0.1) is 5.56 Å². The molecule has 0 heterocycles. The summed E-state index contributed by atoms with van der Waals surface area (Å²) in [6, 6.07) is 5.78. The van der Waals surface area contributed by atoms with Crippen molar-refractivity contribution in [2.45, 2.75) is 19.8 Å². The van der Waals surface area contributed by atoms with Gasteiger partial charge in [0.2, 0.25) is 0 Å². The van der Waals surface area contributed by atoms with Crippen LogP contribution in [-0.4, -0.2) is 12.5 Å². The molecule has 1 aromatic rings. The third-order valence-corrected chi connectivity index (χ3v) is 3.27. The van der Waals surface area contributed by atoms with Crippen molar-refractivity contribution in [3.05, 3.63) is 33.8 Å². The molecular formula is C12H14BrNO. The molecule has 80 valence electrons. The molecule has 1 N–H and O–H groups in total. The van der Waals surface area contributed by atoms with Crippen LogP contribution in [0.3, 0.4) is 0 Å². The second-order valence-corrected chi connectivity index (χ2v) is 4.99. The average Bonchev–Trinajstić information content (AvgIpc) is 2.97. The Balaban J connectivity index is 2.03. The molecule has 2 rings (SSSR count). The summed E-state index contributed by atoms with van der Waals surface area (Å²) in [5.41, 5.74) is 1.88. The van der Waals surface area contributed by atoms with Crippen LogP contribution in [0.4, 0.5) is 0 Å². The number of carbonyl (C=O) groups is 1. The van der Waals surface area contributed by atoms with Crippen molar-refractivity contribution in [2.75, 3.05) is 6.54 Å². The van der Waals surface area contributed by atoms with E-state index < -0.39 is 0 Å².